The summed E-state index contributed by atoms with van der Waals surface area (Å²) in [6.07, 6.45) is 1.98. The maximum Gasteiger partial charge on any atom is 0.410 e. The maximum atomic E-state index is 12.1. The van der Waals surface area contributed by atoms with E-state index >= 15 is 0 Å². The molecule has 0 spiro atoms. The van der Waals surface area contributed by atoms with Gasteiger partial charge >= 0.3 is 12.1 Å². The molecule has 0 saturated heterocycles. The maximum absolute atomic E-state index is 12.1. The number of carboxylic acids is 1. The Morgan fingerprint density at radius 2 is 1.87 bits per heavy atom. The molecule has 0 aromatic heterocycles. The number of ether oxygens (including phenoxy) is 2. The van der Waals surface area contributed by atoms with Crippen LogP contribution in [0.4, 0.5) is 4.79 Å². The van der Waals surface area contributed by atoms with Crippen LogP contribution in [0.1, 0.15) is 49.4 Å². The Hall–Kier alpha value is -2.75. The van der Waals surface area contributed by atoms with Crippen LogP contribution in [0.5, 0.6) is 0 Å². The molecule has 1 rings (SSSR count). The Bertz CT molecular complexity index is 697. The van der Waals surface area contributed by atoms with Crippen molar-refractivity contribution in [2.24, 2.45) is 0 Å². The molecule has 0 saturated carbocycles. The first-order chi connectivity index (χ1) is 14.4. The molecule has 0 radical (unpaired) electrons. The van der Waals surface area contributed by atoms with E-state index in [9.17, 15) is 19.2 Å². The molecule has 0 heterocycles. The molecule has 0 aliphatic rings. The van der Waals surface area contributed by atoms with Gasteiger partial charge in [0.25, 0.3) is 12.4 Å². The summed E-state index contributed by atoms with van der Waals surface area (Å²) in [6.45, 7) is 2.36. The first-order valence-corrected chi connectivity index (χ1v) is 10.8. The Morgan fingerprint density at radius 3 is 2.43 bits per heavy atom. The molecule has 166 valence electrons. The van der Waals surface area contributed by atoms with Crippen LogP contribution in [0.2, 0.25) is 0 Å². The third-order valence-corrected chi connectivity index (χ3v) is 4.86. The van der Waals surface area contributed by atoms with Gasteiger partial charge in [0, 0.05) is 23.4 Å². The number of carboxylic acid groups (broad SMARTS) is 1. The molecule has 2 amide bonds. The molecule has 10 heteroatoms. The van der Waals surface area contributed by atoms with Crippen LogP contribution in [0.25, 0.3) is 0 Å². The topological polar surface area (TPSA) is 131 Å². The van der Waals surface area contributed by atoms with E-state index in [1.54, 1.807) is 30.8 Å². The van der Waals surface area contributed by atoms with E-state index in [0.29, 0.717) is 31.4 Å². The molecule has 0 bridgehead atoms. The van der Waals surface area contributed by atoms with Gasteiger partial charge in [-0.3, -0.25) is 9.59 Å². The zero-order valence-electron chi connectivity index (χ0n) is 17.1. The van der Waals surface area contributed by atoms with Gasteiger partial charge in [0.2, 0.25) is 6.29 Å². The van der Waals surface area contributed by atoms with Crippen molar-refractivity contribution in [1.29, 1.82) is 0 Å². The van der Waals surface area contributed by atoms with E-state index in [1.165, 1.54) is 0 Å². The zero-order valence-corrected chi connectivity index (χ0v) is 17.9. The molecule has 2 atom stereocenters. The summed E-state index contributed by atoms with van der Waals surface area (Å²) in [5.41, 5.74) is 0.565. The molecule has 0 unspecified atom stereocenters. The van der Waals surface area contributed by atoms with Gasteiger partial charge in [-0.1, -0.05) is 13.3 Å². The lowest BCUT2D eigenvalue weighted by molar-refractivity contribution is -0.154. The minimum absolute atomic E-state index is 0.165. The van der Waals surface area contributed by atoms with Gasteiger partial charge in [-0.25, -0.2) is 9.59 Å². The van der Waals surface area contributed by atoms with Crippen molar-refractivity contribution in [3.8, 4) is 0 Å². The number of nitrogens with one attached hydrogen (secondary N) is 2. The summed E-state index contributed by atoms with van der Waals surface area (Å²) in [4.78, 5) is 46.7. The predicted octanol–water partition coefficient (Wildman–Crippen LogP) is 2.79. The van der Waals surface area contributed by atoms with Crippen molar-refractivity contribution in [3.05, 3.63) is 29.8 Å². The van der Waals surface area contributed by atoms with E-state index in [0.717, 1.165) is 4.90 Å². The van der Waals surface area contributed by atoms with Crippen molar-refractivity contribution in [1.82, 2.24) is 10.6 Å². The number of unbranched alkanes of at least 4 members (excludes halogenated alkanes) is 1. The second kappa shape index (κ2) is 14.3. The van der Waals surface area contributed by atoms with Gasteiger partial charge in [-0.15, -0.1) is 11.8 Å². The number of carbonyl (C=O) groups excluding carboxylic acids is 3. The SMILES string of the molecule is CCC[C@H](NC(=O)O[C@@H](CCCCNC(=O)c1ccc(SC)cc1)OC=O)C(=O)O. The van der Waals surface area contributed by atoms with Crippen molar-refractivity contribution in [2.75, 3.05) is 12.8 Å². The molecular formula is C20H28N2O7S. The molecule has 9 nitrogen and oxygen atoms in total. The average Bonchev–Trinajstić information content (AvgIpc) is 2.73. The van der Waals surface area contributed by atoms with E-state index in [4.69, 9.17) is 14.6 Å². The minimum atomic E-state index is -1.17. The summed E-state index contributed by atoms with van der Waals surface area (Å²) < 4.78 is 9.71. The zero-order chi connectivity index (χ0) is 22.4. The highest BCUT2D eigenvalue weighted by Crippen LogP contribution is 2.14. The first kappa shape index (κ1) is 25.3. The predicted molar refractivity (Wildman–Crippen MR) is 111 cm³/mol. The number of alkyl carbamates (subject to hydrolysis) is 1. The Balaban J connectivity index is 2.36. The van der Waals surface area contributed by atoms with Crippen LogP contribution in [-0.4, -0.2) is 54.7 Å². The lowest BCUT2D eigenvalue weighted by atomic mass is 10.2. The van der Waals surface area contributed by atoms with Crippen LogP contribution < -0.4 is 10.6 Å². The first-order valence-electron chi connectivity index (χ1n) is 9.62. The van der Waals surface area contributed by atoms with Crippen LogP contribution >= 0.6 is 11.8 Å². The monoisotopic (exact) mass is 440 g/mol. The molecule has 0 fully saturated rings. The van der Waals surface area contributed by atoms with Crippen LogP contribution in [0, 0.1) is 0 Å². The summed E-state index contributed by atoms with van der Waals surface area (Å²) in [7, 11) is 0. The normalized spacial score (nSPS) is 12.3. The molecule has 0 aliphatic heterocycles. The third kappa shape index (κ3) is 9.64. The number of rotatable bonds is 14. The standard InChI is InChI=1S/C20H28N2O7S/c1-3-6-16(19(25)26)22-20(27)29-17(28-13-23)7-4-5-12-21-18(24)14-8-10-15(30-2)11-9-14/h8-11,13,16-17H,3-7,12H2,1-2H3,(H,21,24)(H,22,27)(H,25,26)/t16-,17-/m0/s1. The van der Waals surface area contributed by atoms with E-state index in [-0.39, 0.29) is 25.2 Å². The van der Waals surface area contributed by atoms with Crippen molar-refractivity contribution in [3.63, 3.8) is 0 Å². The molecule has 0 aliphatic carbocycles. The number of carbonyl (C=O) groups is 4. The highest BCUT2D eigenvalue weighted by Gasteiger charge is 2.22. The second-order valence-electron chi connectivity index (χ2n) is 6.37. The fraction of sp³-hybridized carbons (Fsp3) is 0.500. The Labute approximate surface area is 179 Å². The van der Waals surface area contributed by atoms with Crippen molar-refractivity contribution < 1.29 is 33.8 Å². The van der Waals surface area contributed by atoms with Gasteiger partial charge in [0.05, 0.1) is 0 Å². The number of aliphatic carboxylic acids is 1. The van der Waals surface area contributed by atoms with Crippen LogP contribution in [0.3, 0.4) is 0 Å². The number of thioether (sulfide) groups is 1. The summed E-state index contributed by atoms with van der Waals surface area (Å²) in [5, 5.41) is 14.1. The van der Waals surface area contributed by atoms with Crippen molar-refractivity contribution in [2.45, 2.75) is 56.3 Å². The lowest BCUT2D eigenvalue weighted by Crippen LogP contribution is -2.42. The van der Waals surface area contributed by atoms with E-state index in [1.807, 2.05) is 18.4 Å². The lowest BCUT2D eigenvalue weighted by Gasteiger charge is -2.18. The van der Waals surface area contributed by atoms with Gasteiger partial charge in [0.1, 0.15) is 6.04 Å². The summed E-state index contributed by atoms with van der Waals surface area (Å²) in [5.74, 6) is -1.35. The van der Waals surface area contributed by atoms with Gasteiger partial charge in [0.15, 0.2) is 0 Å². The quantitative estimate of drug-likeness (QED) is 0.174. The molecule has 3 N–H and O–H groups in total. The summed E-state index contributed by atoms with van der Waals surface area (Å²) in [6, 6.07) is 6.19. The highest BCUT2D eigenvalue weighted by molar-refractivity contribution is 7.98. The van der Waals surface area contributed by atoms with Crippen molar-refractivity contribution >= 4 is 36.2 Å². The molecule has 1 aromatic rings. The fourth-order valence-corrected chi connectivity index (χ4v) is 2.95. The van der Waals surface area contributed by atoms with E-state index in [2.05, 4.69) is 10.6 Å². The molecule has 1 aromatic carbocycles. The smallest absolute Gasteiger partial charge is 0.410 e. The van der Waals surface area contributed by atoms with Gasteiger partial charge in [-0.2, -0.15) is 0 Å². The van der Waals surface area contributed by atoms with Gasteiger partial charge < -0.3 is 25.2 Å². The Morgan fingerprint density at radius 1 is 1.17 bits per heavy atom. The molecule has 30 heavy (non-hydrogen) atoms. The highest BCUT2D eigenvalue weighted by atomic mass is 32.2. The minimum Gasteiger partial charge on any atom is -0.480 e. The third-order valence-electron chi connectivity index (χ3n) is 4.12. The number of hydrogen-bond acceptors (Lipinski definition) is 7. The number of benzene rings is 1. The van der Waals surface area contributed by atoms with Crippen LogP contribution in [0.15, 0.2) is 29.2 Å². The second-order valence-corrected chi connectivity index (χ2v) is 7.25. The number of amides is 2. The van der Waals surface area contributed by atoms with E-state index < -0.39 is 24.4 Å². The Kier molecular flexibility index (Phi) is 12.0. The number of hydrogen-bond donors (Lipinski definition) is 3. The average molecular weight is 441 g/mol. The van der Waals surface area contributed by atoms with Gasteiger partial charge in [-0.05, 0) is 49.8 Å². The molecular weight excluding hydrogens is 412 g/mol. The summed E-state index contributed by atoms with van der Waals surface area (Å²) >= 11 is 1.59. The van der Waals surface area contributed by atoms with Crippen LogP contribution in [-0.2, 0) is 19.1 Å². The largest absolute Gasteiger partial charge is 0.480 e. The fourth-order valence-electron chi connectivity index (χ4n) is 2.54.